The van der Waals surface area contributed by atoms with Gasteiger partial charge in [0.05, 0.1) is 17.0 Å². The van der Waals surface area contributed by atoms with E-state index >= 15 is 0 Å². The number of nitrogens with two attached hydrogens (primary N) is 1. The minimum atomic E-state index is -0.742. The van der Waals surface area contributed by atoms with Gasteiger partial charge in [-0.05, 0) is 13.3 Å². The number of fused-ring (bicyclic) bond motifs is 1. The van der Waals surface area contributed by atoms with E-state index < -0.39 is 5.60 Å². The molecule has 1 unspecified atom stereocenters. The van der Waals surface area contributed by atoms with Crippen molar-refractivity contribution in [2.75, 3.05) is 30.8 Å². The lowest BCUT2D eigenvalue weighted by Gasteiger charge is -2.25. The van der Waals surface area contributed by atoms with E-state index in [2.05, 4.69) is 5.32 Å². The van der Waals surface area contributed by atoms with Gasteiger partial charge < -0.3 is 25.6 Å². The van der Waals surface area contributed by atoms with Crippen molar-refractivity contribution in [3.63, 3.8) is 0 Å². The Balaban J connectivity index is 2.08. The third-order valence-electron chi connectivity index (χ3n) is 3.16. The standard InChI is InChI=1S/C14H22N2O3/c1-3-4-14(2,17)9-16-11-8-13-12(7-10(11)15)18-5-6-19-13/h7-8,16-17H,3-6,9,15H2,1-2H3. The quantitative estimate of drug-likeness (QED) is 0.711. The van der Waals surface area contributed by atoms with Crippen molar-refractivity contribution in [2.45, 2.75) is 32.3 Å². The van der Waals surface area contributed by atoms with Crippen molar-refractivity contribution in [3.05, 3.63) is 12.1 Å². The van der Waals surface area contributed by atoms with Crippen molar-refractivity contribution in [1.29, 1.82) is 0 Å². The number of hydrogen-bond acceptors (Lipinski definition) is 5. The number of aliphatic hydroxyl groups is 1. The first-order valence-corrected chi connectivity index (χ1v) is 6.67. The lowest BCUT2D eigenvalue weighted by Crippen LogP contribution is -2.33. The van der Waals surface area contributed by atoms with E-state index in [1.54, 1.807) is 6.07 Å². The Kier molecular flexibility index (Phi) is 4.04. The Morgan fingerprint density at radius 3 is 2.58 bits per heavy atom. The van der Waals surface area contributed by atoms with Gasteiger partial charge >= 0.3 is 0 Å². The average molecular weight is 266 g/mol. The Hall–Kier alpha value is -1.62. The second-order valence-corrected chi connectivity index (χ2v) is 5.18. The van der Waals surface area contributed by atoms with Gasteiger partial charge in [0.2, 0.25) is 0 Å². The molecular formula is C14H22N2O3. The van der Waals surface area contributed by atoms with Crippen molar-refractivity contribution in [3.8, 4) is 11.5 Å². The lowest BCUT2D eigenvalue weighted by molar-refractivity contribution is 0.0637. The maximum atomic E-state index is 10.1. The second-order valence-electron chi connectivity index (χ2n) is 5.18. The summed E-state index contributed by atoms with van der Waals surface area (Å²) in [5.74, 6) is 1.37. The van der Waals surface area contributed by atoms with Crippen LogP contribution in [0.25, 0.3) is 0 Å². The van der Waals surface area contributed by atoms with E-state index in [0.717, 1.165) is 18.5 Å². The van der Waals surface area contributed by atoms with Gasteiger partial charge in [-0.25, -0.2) is 0 Å². The molecule has 106 valence electrons. The highest BCUT2D eigenvalue weighted by Crippen LogP contribution is 2.37. The fraction of sp³-hybridized carbons (Fsp3) is 0.571. The highest BCUT2D eigenvalue weighted by atomic mass is 16.6. The second kappa shape index (κ2) is 5.57. The molecule has 0 saturated carbocycles. The molecule has 0 radical (unpaired) electrons. The van der Waals surface area contributed by atoms with E-state index in [-0.39, 0.29) is 0 Å². The highest BCUT2D eigenvalue weighted by molar-refractivity contribution is 5.72. The summed E-state index contributed by atoms with van der Waals surface area (Å²) >= 11 is 0. The molecule has 1 atom stereocenters. The molecule has 1 aliphatic heterocycles. The van der Waals surface area contributed by atoms with Crippen molar-refractivity contribution in [1.82, 2.24) is 0 Å². The van der Waals surface area contributed by atoms with Crippen LogP contribution in [-0.4, -0.2) is 30.5 Å². The van der Waals surface area contributed by atoms with Crippen LogP contribution in [-0.2, 0) is 0 Å². The van der Waals surface area contributed by atoms with Crippen LogP contribution in [0.2, 0.25) is 0 Å². The first kappa shape index (κ1) is 13.8. The molecule has 5 nitrogen and oxygen atoms in total. The molecule has 0 aliphatic carbocycles. The minimum absolute atomic E-state index is 0.449. The SMILES string of the molecule is CCCC(C)(O)CNc1cc2c(cc1N)OCCO2. The summed E-state index contributed by atoms with van der Waals surface area (Å²) in [5.41, 5.74) is 6.59. The average Bonchev–Trinajstić information content (AvgIpc) is 2.36. The third-order valence-corrected chi connectivity index (χ3v) is 3.16. The van der Waals surface area contributed by atoms with E-state index in [9.17, 15) is 5.11 Å². The molecule has 4 N–H and O–H groups in total. The summed E-state index contributed by atoms with van der Waals surface area (Å²) in [4.78, 5) is 0. The maximum absolute atomic E-state index is 10.1. The number of benzene rings is 1. The van der Waals surface area contributed by atoms with E-state index in [0.29, 0.717) is 36.9 Å². The van der Waals surface area contributed by atoms with Gasteiger partial charge in [0.15, 0.2) is 11.5 Å². The topological polar surface area (TPSA) is 76.7 Å². The molecule has 0 aromatic heterocycles. The minimum Gasteiger partial charge on any atom is -0.486 e. The monoisotopic (exact) mass is 266 g/mol. The van der Waals surface area contributed by atoms with Gasteiger partial charge in [0, 0.05) is 18.7 Å². The van der Waals surface area contributed by atoms with Crippen LogP contribution in [0.15, 0.2) is 12.1 Å². The van der Waals surface area contributed by atoms with E-state index in [4.69, 9.17) is 15.2 Å². The lowest BCUT2D eigenvalue weighted by atomic mass is 10.0. The number of rotatable bonds is 5. The molecule has 0 fully saturated rings. The van der Waals surface area contributed by atoms with Crippen LogP contribution in [0, 0.1) is 0 Å². The summed E-state index contributed by atoms with van der Waals surface area (Å²) < 4.78 is 11.0. The number of anilines is 2. The maximum Gasteiger partial charge on any atom is 0.163 e. The molecule has 0 bridgehead atoms. The van der Waals surface area contributed by atoms with Gasteiger partial charge in [0.1, 0.15) is 13.2 Å². The van der Waals surface area contributed by atoms with Crippen molar-refractivity contribution < 1.29 is 14.6 Å². The summed E-state index contributed by atoms with van der Waals surface area (Å²) in [7, 11) is 0. The molecule has 0 saturated heterocycles. The summed E-state index contributed by atoms with van der Waals surface area (Å²) in [6.07, 6.45) is 1.68. The Morgan fingerprint density at radius 2 is 1.95 bits per heavy atom. The third kappa shape index (κ3) is 3.44. The zero-order valence-electron chi connectivity index (χ0n) is 11.5. The van der Waals surface area contributed by atoms with E-state index in [1.165, 1.54) is 0 Å². The van der Waals surface area contributed by atoms with Gasteiger partial charge in [-0.1, -0.05) is 13.3 Å². The van der Waals surface area contributed by atoms with Gasteiger partial charge in [-0.2, -0.15) is 0 Å². The number of hydrogen-bond donors (Lipinski definition) is 3. The zero-order valence-corrected chi connectivity index (χ0v) is 11.5. The summed E-state index contributed by atoms with van der Waals surface area (Å²) in [6.45, 7) is 5.41. The zero-order chi connectivity index (χ0) is 13.9. The molecule has 1 heterocycles. The van der Waals surface area contributed by atoms with Crippen LogP contribution < -0.4 is 20.5 Å². The van der Waals surface area contributed by atoms with Gasteiger partial charge in [-0.15, -0.1) is 0 Å². The predicted molar refractivity (Wildman–Crippen MR) is 75.9 cm³/mol. The molecule has 0 amide bonds. The highest BCUT2D eigenvalue weighted by Gasteiger charge is 2.20. The molecule has 2 rings (SSSR count). The molecular weight excluding hydrogens is 244 g/mol. The first-order valence-electron chi connectivity index (χ1n) is 6.67. The molecule has 1 aliphatic rings. The number of nitrogen functional groups attached to an aromatic ring is 1. The molecule has 0 spiro atoms. The largest absolute Gasteiger partial charge is 0.486 e. The van der Waals surface area contributed by atoms with Crippen LogP contribution >= 0.6 is 0 Å². The van der Waals surface area contributed by atoms with Crippen molar-refractivity contribution >= 4 is 11.4 Å². The fourth-order valence-electron chi connectivity index (χ4n) is 2.17. The predicted octanol–water partition coefficient (Wildman–Crippen LogP) is 2.00. The fourth-order valence-corrected chi connectivity index (χ4v) is 2.17. The Morgan fingerprint density at radius 1 is 1.32 bits per heavy atom. The molecule has 19 heavy (non-hydrogen) atoms. The molecule has 1 aromatic carbocycles. The summed E-state index contributed by atoms with van der Waals surface area (Å²) in [6, 6.07) is 3.58. The number of ether oxygens (including phenoxy) is 2. The van der Waals surface area contributed by atoms with E-state index in [1.807, 2.05) is 19.9 Å². The first-order chi connectivity index (χ1) is 9.02. The van der Waals surface area contributed by atoms with Gasteiger partial charge in [-0.3, -0.25) is 0 Å². The van der Waals surface area contributed by atoms with Crippen LogP contribution in [0.3, 0.4) is 0 Å². The molecule has 5 heteroatoms. The van der Waals surface area contributed by atoms with Gasteiger partial charge in [0.25, 0.3) is 0 Å². The van der Waals surface area contributed by atoms with Crippen LogP contribution in [0.4, 0.5) is 11.4 Å². The molecule has 1 aromatic rings. The Bertz CT molecular complexity index is 447. The summed E-state index contributed by atoms with van der Waals surface area (Å²) in [5, 5.41) is 13.3. The van der Waals surface area contributed by atoms with Crippen molar-refractivity contribution in [2.24, 2.45) is 0 Å². The normalized spacial score (nSPS) is 16.8. The number of nitrogens with one attached hydrogen (secondary N) is 1. The van der Waals surface area contributed by atoms with Crippen LogP contribution in [0.1, 0.15) is 26.7 Å². The van der Waals surface area contributed by atoms with Crippen LogP contribution in [0.5, 0.6) is 11.5 Å². The Labute approximate surface area is 113 Å². The smallest absolute Gasteiger partial charge is 0.163 e.